The van der Waals surface area contributed by atoms with Crippen LogP contribution in [-0.4, -0.2) is 31.7 Å². The second kappa shape index (κ2) is 10.4. The van der Waals surface area contributed by atoms with Crippen molar-refractivity contribution in [3.63, 3.8) is 0 Å². The van der Waals surface area contributed by atoms with Crippen LogP contribution in [0.25, 0.3) is 6.08 Å². The Morgan fingerprint density at radius 1 is 1.11 bits per heavy atom. The van der Waals surface area contributed by atoms with Gasteiger partial charge in [0.15, 0.2) is 0 Å². The zero-order valence-corrected chi connectivity index (χ0v) is 16.5. The van der Waals surface area contributed by atoms with Crippen molar-refractivity contribution in [2.45, 2.75) is 58.9 Å². The van der Waals surface area contributed by atoms with Gasteiger partial charge in [-0.05, 0) is 37.0 Å². The Bertz CT molecular complexity index is 852. The van der Waals surface area contributed by atoms with E-state index in [1.54, 1.807) is 30.5 Å². The molecule has 28 heavy (non-hydrogen) atoms. The van der Waals surface area contributed by atoms with E-state index in [-0.39, 0.29) is 5.56 Å². The van der Waals surface area contributed by atoms with Crippen molar-refractivity contribution in [1.82, 2.24) is 9.55 Å². The van der Waals surface area contributed by atoms with Gasteiger partial charge in [0.1, 0.15) is 5.82 Å². The molecular weight excluding hydrogens is 356 g/mol. The molecule has 1 heterocycles. The number of unbranched alkanes of at least 4 members (excludes halogenated alkanes) is 2. The lowest BCUT2D eigenvalue weighted by molar-refractivity contribution is -0.132. The summed E-state index contributed by atoms with van der Waals surface area (Å²) in [6, 6.07) is 6.88. The first kappa shape index (κ1) is 21.4. The number of rotatable bonds is 11. The standard InChI is InChI=1S/C22H28N2O4/c1-3-5-9-16(21(25)26)13-18-14-23-20(12-6-4-2)24(18)15-17-10-7-8-11-19(17)22(27)28/h7-8,10-11,13-14H,3-6,9,12,15H2,1-2H3,(H,25,26)(H,27,28)/b16-13+. The first-order chi connectivity index (χ1) is 13.5. The van der Waals surface area contributed by atoms with Gasteiger partial charge in [-0.15, -0.1) is 0 Å². The molecule has 2 rings (SSSR count). The fourth-order valence-corrected chi connectivity index (χ4v) is 3.08. The van der Waals surface area contributed by atoms with E-state index in [1.807, 2.05) is 17.6 Å². The number of carbonyl (C=O) groups is 2. The molecule has 1 aromatic heterocycles. The van der Waals surface area contributed by atoms with E-state index in [0.29, 0.717) is 29.8 Å². The van der Waals surface area contributed by atoms with Gasteiger partial charge in [0, 0.05) is 12.0 Å². The maximum atomic E-state index is 11.6. The molecule has 0 spiro atoms. The summed E-state index contributed by atoms with van der Waals surface area (Å²) in [5.41, 5.74) is 1.96. The zero-order valence-electron chi connectivity index (χ0n) is 16.5. The number of imidazole rings is 1. The van der Waals surface area contributed by atoms with Crippen molar-refractivity contribution in [3.8, 4) is 0 Å². The highest BCUT2D eigenvalue weighted by molar-refractivity contribution is 5.92. The molecule has 2 N–H and O–H groups in total. The monoisotopic (exact) mass is 384 g/mol. The number of aryl methyl sites for hydroxylation is 1. The number of aromatic nitrogens is 2. The Hall–Kier alpha value is -2.89. The number of benzene rings is 1. The summed E-state index contributed by atoms with van der Waals surface area (Å²) in [6.07, 6.45) is 8.30. The molecule has 0 radical (unpaired) electrons. The second-order valence-electron chi connectivity index (χ2n) is 6.83. The van der Waals surface area contributed by atoms with Gasteiger partial charge in [0.2, 0.25) is 0 Å². The average molecular weight is 384 g/mol. The number of hydrogen-bond acceptors (Lipinski definition) is 3. The third-order valence-electron chi connectivity index (χ3n) is 4.70. The van der Waals surface area contributed by atoms with Crippen molar-refractivity contribution in [1.29, 1.82) is 0 Å². The molecule has 0 bridgehead atoms. The van der Waals surface area contributed by atoms with Gasteiger partial charge in [0.25, 0.3) is 0 Å². The highest BCUT2D eigenvalue weighted by atomic mass is 16.4. The van der Waals surface area contributed by atoms with Gasteiger partial charge in [0.05, 0.1) is 24.0 Å². The molecule has 0 aliphatic carbocycles. The minimum Gasteiger partial charge on any atom is -0.478 e. The lowest BCUT2D eigenvalue weighted by Crippen LogP contribution is -2.12. The third kappa shape index (κ3) is 5.55. The van der Waals surface area contributed by atoms with Crippen molar-refractivity contribution < 1.29 is 19.8 Å². The Morgan fingerprint density at radius 2 is 1.82 bits per heavy atom. The van der Waals surface area contributed by atoms with Crippen LogP contribution in [0.2, 0.25) is 0 Å². The van der Waals surface area contributed by atoms with Crippen LogP contribution in [0, 0.1) is 0 Å². The first-order valence-electron chi connectivity index (χ1n) is 9.77. The molecule has 0 aliphatic rings. The summed E-state index contributed by atoms with van der Waals surface area (Å²) >= 11 is 0. The number of hydrogen-bond donors (Lipinski definition) is 2. The molecule has 0 aliphatic heterocycles. The SMILES string of the molecule is CCCC/C(=C\c1cnc(CCCC)n1Cc1ccccc1C(=O)O)C(=O)O. The van der Waals surface area contributed by atoms with Crippen molar-refractivity contribution in [3.05, 3.63) is 58.7 Å². The summed E-state index contributed by atoms with van der Waals surface area (Å²) in [5.74, 6) is -1.06. The molecule has 6 nitrogen and oxygen atoms in total. The van der Waals surface area contributed by atoms with Crippen molar-refractivity contribution >= 4 is 18.0 Å². The van der Waals surface area contributed by atoms with Crippen LogP contribution in [0.5, 0.6) is 0 Å². The van der Waals surface area contributed by atoms with Crippen LogP contribution in [0.15, 0.2) is 36.0 Å². The van der Waals surface area contributed by atoms with Crippen molar-refractivity contribution in [2.24, 2.45) is 0 Å². The summed E-state index contributed by atoms with van der Waals surface area (Å²) in [5, 5.41) is 19.0. The predicted octanol–water partition coefficient (Wildman–Crippen LogP) is 4.63. The lowest BCUT2D eigenvalue weighted by Gasteiger charge is -2.13. The maximum absolute atomic E-state index is 11.6. The summed E-state index contributed by atoms with van der Waals surface area (Å²) in [7, 11) is 0. The minimum atomic E-state index is -0.975. The van der Waals surface area contributed by atoms with Gasteiger partial charge < -0.3 is 14.8 Å². The number of aromatic carboxylic acids is 1. The number of nitrogens with zero attached hydrogens (tertiary/aromatic N) is 2. The van der Waals surface area contributed by atoms with Gasteiger partial charge in [-0.25, -0.2) is 14.6 Å². The molecule has 0 amide bonds. The number of carboxylic acid groups (broad SMARTS) is 2. The molecule has 0 saturated heterocycles. The second-order valence-corrected chi connectivity index (χ2v) is 6.83. The largest absolute Gasteiger partial charge is 0.478 e. The molecule has 150 valence electrons. The van der Waals surface area contributed by atoms with E-state index in [2.05, 4.69) is 11.9 Å². The molecule has 6 heteroatoms. The van der Waals surface area contributed by atoms with Gasteiger partial charge in [-0.1, -0.05) is 44.9 Å². The van der Waals surface area contributed by atoms with Crippen LogP contribution in [-0.2, 0) is 17.8 Å². The Kier molecular flexibility index (Phi) is 7.99. The number of aliphatic carboxylic acids is 1. The molecule has 2 aromatic rings. The van der Waals surface area contributed by atoms with Gasteiger partial charge in [-0.2, -0.15) is 0 Å². The number of carboxylic acids is 2. The van der Waals surface area contributed by atoms with Gasteiger partial charge >= 0.3 is 11.9 Å². The topological polar surface area (TPSA) is 92.4 Å². The smallest absolute Gasteiger partial charge is 0.336 e. The highest BCUT2D eigenvalue weighted by Crippen LogP contribution is 2.19. The van der Waals surface area contributed by atoms with Crippen LogP contribution in [0.1, 0.15) is 73.4 Å². The highest BCUT2D eigenvalue weighted by Gasteiger charge is 2.15. The Labute approximate surface area is 165 Å². The molecular formula is C22H28N2O4. The van der Waals surface area contributed by atoms with E-state index in [1.165, 1.54) is 0 Å². The average Bonchev–Trinajstić information content (AvgIpc) is 3.04. The lowest BCUT2D eigenvalue weighted by atomic mass is 10.1. The van der Waals surface area contributed by atoms with E-state index in [9.17, 15) is 19.8 Å². The van der Waals surface area contributed by atoms with Gasteiger partial charge in [-0.3, -0.25) is 0 Å². The zero-order chi connectivity index (χ0) is 20.5. The predicted molar refractivity (Wildman–Crippen MR) is 108 cm³/mol. The van der Waals surface area contributed by atoms with Crippen molar-refractivity contribution in [2.75, 3.05) is 0 Å². The molecule has 0 atom stereocenters. The minimum absolute atomic E-state index is 0.247. The summed E-state index contributed by atoms with van der Waals surface area (Å²) in [4.78, 5) is 27.7. The van der Waals surface area contributed by atoms with E-state index in [4.69, 9.17) is 0 Å². The molecule has 0 fully saturated rings. The fraction of sp³-hybridized carbons (Fsp3) is 0.409. The maximum Gasteiger partial charge on any atom is 0.336 e. The van der Waals surface area contributed by atoms with E-state index < -0.39 is 11.9 Å². The van der Waals surface area contributed by atoms with E-state index >= 15 is 0 Å². The van der Waals surface area contributed by atoms with E-state index in [0.717, 1.165) is 37.9 Å². The van der Waals surface area contributed by atoms with Crippen LogP contribution in [0.3, 0.4) is 0 Å². The molecule has 0 saturated carbocycles. The fourth-order valence-electron chi connectivity index (χ4n) is 3.08. The van der Waals surface area contributed by atoms with Crippen LogP contribution in [0.4, 0.5) is 0 Å². The third-order valence-corrected chi connectivity index (χ3v) is 4.70. The first-order valence-corrected chi connectivity index (χ1v) is 9.77. The van der Waals surface area contributed by atoms with Crippen LogP contribution >= 0.6 is 0 Å². The Balaban J connectivity index is 2.47. The molecule has 0 unspecified atom stereocenters. The molecule has 1 aromatic carbocycles. The van der Waals surface area contributed by atoms with Crippen LogP contribution < -0.4 is 0 Å². The Morgan fingerprint density at radius 3 is 2.46 bits per heavy atom. The summed E-state index contributed by atoms with van der Waals surface area (Å²) < 4.78 is 1.94. The normalized spacial score (nSPS) is 11.6. The quantitative estimate of drug-likeness (QED) is 0.551. The summed E-state index contributed by atoms with van der Waals surface area (Å²) in [6.45, 7) is 4.46.